The van der Waals surface area contributed by atoms with E-state index in [0.717, 1.165) is 0 Å². The average molecular weight is 203 g/mol. The Morgan fingerprint density at radius 1 is 1.40 bits per heavy atom. The van der Waals surface area contributed by atoms with Crippen LogP contribution >= 0.6 is 24.8 Å². The fourth-order valence-electron chi connectivity index (χ4n) is 0. The van der Waals surface area contributed by atoms with E-state index in [1.165, 1.54) is 0 Å². The molecule has 0 aromatic carbocycles. The predicted molar refractivity (Wildman–Crippen MR) is 18.8 cm³/mol. The molecule has 0 fully saturated rings. The molecule has 0 aliphatic heterocycles. The maximum absolute atomic E-state index is 8.64. The zero-order valence-electron chi connectivity index (χ0n) is 2.12. The van der Waals surface area contributed by atoms with Crippen LogP contribution in [0.1, 0.15) is 0 Å². The molecule has 0 rings (SSSR count). The molecule has 0 heterocycles. The van der Waals surface area contributed by atoms with Crippen molar-refractivity contribution in [2.24, 2.45) is 0 Å². The first-order valence-corrected chi connectivity index (χ1v) is 2.26. The van der Waals surface area contributed by atoms with Gasteiger partial charge in [-0.1, -0.05) is 0 Å². The van der Waals surface area contributed by atoms with Crippen molar-refractivity contribution in [2.45, 2.75) is 0 Å². The summed E-state index contributed by atoms with van der Waals surface area (Å²) >= 11 is -1.90. The first-order valence-electron chi connectivity index (χ1n) is 0.383. The van der Waals surface area contributed by atoms with E-state index in [1.807, 2.05) is 0 Å². The van der Waals surface area contributed by atoms with Crippen LogP contribution in [-0.4, -0.2) is 3.76 Å². The molecule has 0 aromatic heterocycles. The zero-order valence-corrected chi connectivity index (χ0v) is 5.95. The van der Waals surface area contributed by atoms with Crippen LogP contribution in [0.4, 0.5) is 0 Å². The molecule has 0 atom stereocenters. The van der Waals surface area contributed by atoms with Crippen molar-refractivity contribution in [1.29, 1.82) is 0 Å². The molecule has 0 aliphatic rings. The summed E-state index contributed by atoms with van der Waals surface area (Å²) in [5, 5.41) is 0. The normalized spacial score (nSPS) is 3.40. The van der Waals surface area contributed by atoms with Crippen molar-refractivity contribution in [3.63, 3.8) is 0 Å². The Kier molecular flexibility index (Phi) is 65.9. The Bertz CT molecular complexity index is 15.1. The molecule has 36 valence electrons. The Morgan fingerprint density at radius 3 is 1.40 bits per heavy atom. The van der Waals surface area contributed by atoms with E-state index in [2.05, 4.69) is 0 Å². The van der Waals surface area contributed by atoms with Gasteiger partial charge in [-0.3, -0.25) is 0 Å². The monoisotopic (exact) mass is 204 g/mol. The SMILES string of the molecule is Cl.Cl.[O]=[MoH][OH]. The van der Waals surface area contributed by atoms with Crippen LogP contribution in [0.15, 0.2) is 0 Å². The molecular formula is H4Cl2MoO2. The first kappa shape index (κ1) is 16.6. The van der Waals surface area contributed by atoms with Crippen LogP contribution in [0.3, 0.4) is 0 Å². The van der Waals surface area contributed by atoms with Gasteiger partial charge in [-0.2, -0.15) is 0 Å². The topological polar surface area (TPSA) is 37.3 Å². The van der Waals surface area contributed by atoms with Crippen LogP contribution in [0.2, 0.25) is 0 Å². The zero-order chi connectivity index (χ0) is 2.71. The van der Waals surface area contributed by atoms with Crippen molar-refractivity contribution >= 4 is 24.8 Å². The second-order valence-electron chi connectivity index (χ2n) is 0.0816. The van der Waals surface area contributed by atoms with Crippen molar-refractivity contribution in [2.75, 3.05) is 0 Å². The molecule has 0 aromatic rings. The predicted octanol–water partition coefficient (Wildman–Crippen LogP) is -0.102. The van der Waals surface area contributed by atoms with Crippen LogP contribution in [-0.2, 0) is 22.3 Å². The van der Waals surface area contributed by atoms with Gasteiger partial charge in [0.15, 0.2) is 0 Å². The molecule has 0 bridgehead atoms. The molecule has 0 spiro atoms. The quantitative estimate of drug-likeness (QED) is 0.558. The minimum absolute atomic E-state index is 0. The van der Waals surface area contributed by atoms with Gasteiger partial charge in [0.1, 0.15) is 0 Å². The molecule has 0 aliphatic carbocycles. The van der Waals surface area contributed by atoms with Gasteiger partial charge in [0.05, 0.1) is 0 Å². The molecule has 0 unspecified atom stereocenters. The molecule has 0 saturated heterocycles. The molecular weight excluding hydrogens is 199 g/mol. The van der Waals surface area contributed by atoms with Gasteiger partial charge < -0.3 is 0 Å². The van der Waals surface area contributed by atoms with Crippen LogP contribution < -0.4 is 0 Å². The molecule has 2 nitrogen and oxygen atoms in total. The van der Waals surface area contributed by atoms with Gasteiger partial charge in [-0.05, 0) is 0 Å². The number of hydrogen-bond acceptors (Lipinski definition) is 1. The Morgan fingerprint density at radius 2 is 1.40 bits per heavy atom. The molecule has 0 radical (unpaired) electrons. The summed E-state index contributed by atoms with van der Waals surface area (Å²) in [5.41, 5.74) is 0. The number of rotatable bonds is 0. The third kappa shape index (κ3) is 43.6. The summed E-state index contributed by atoms with van der Waals surface area (Å²) in [5.74, 6) is 0. The Balaban J connectivity index is -0.0000000200. The van der Waals surface area contributed by atoms with E-state index >= 15 is 0 Å². The van der Waals surface area contributed by atoms with E-state index in [4.69, 9.17) is 7.16 Å². The van der Waals surface area contributed by atoms with Crippen LogP contribution in [0, 0.1) is 0 Å². The number of halogens is 2. The average Bonchev–Trinajstić information content (AvgIpc) is 0.918. The van der Waals surface area contributed by atoms with Crippen molar-refractivity contribution < 1.29 is 26.1 Å². The van der Waals surface area contributed by atoms with Gasteiger partial charge in [-0.15, -0.1) is 24.8 Å². The van der Waals surface area contributed by atoms with Crippen LogP contribution in [0.5, 0.6) is 0 Å². The summed E-state index contributed by atoms with van der Waals surface area (Å²) in [6.07, 6.45) is 0. The van der Waals surface area contributed by atoms with Gasteiger partial charge in [0.25, 0.3) is 0 Å². The summed E-state index contributed by atoms with van der Waals surface area (Å²) in [7, 11) is 0. The third-order valence-corrected chi connectivity index (χ3v) is 0. The second-order valence-corrected chi connectivity index (χ2v) is 0.483. The molecule has 0 saturated carbocycles. The van der Waals surface area contributed by atoms with Gasteiger partial charge in [-0.25, -0.2) is 0 Å². The van der Waals surface area contributed by atoms with Gasteiger partial charge in [0.2, 0.25) is 0 Å². The van der Waals surface area contributed by atoms with E-state index in [9.17, 15) is 0 Å². The molecule has 0 amide bonds. The fraction of sp³-hybridized carbons (Fsp3) is 0. The molecule has 5 heteroatoms. The molecule has 5 heavy (non-hydrogen) atoms. The first-order chi connectivity index (χ1) is 1.41. The summed E-state index contributed by atoms with van der Waals surface area (Å²) in [6.45, 7) is 0. The van der Waals surface area contributed by atoms with Crippen molar-refractivity contribution in [3.8, 4) is 0 Å². The Hall–Kier alpha value is 1.03. The van der Waals surface area contributed by atoms with Crippen molar-refractivity contribution in [1.82, 2.24) is 0 Å². The standard InChI is InChI=1S/2ClH.Mo.H2O.O.H/h2*1H;;1H2;;/q;;+1;;;/p-1. The third-order valence-electron chi connectivity index (χ3n) is 0. The Labute approximate surface area is 51.1 Å². The summed E-state index contributed by atoms with van der Waals surface area (Å²) < 4.78 is 15.8. The minimum atomic E-state index is -1.90. The van der Waals surface area contributed by atoms with E-state index in [1.54, 1.807) is 0 Å². The maximum atomic E-state index is 8.64. The second kappa shape index (κ2) is 19.8. The fourth-order valence-corrected chi connectivity index (χ4v) is 0. The molecule has 1 N–H and O–H groups in total. The van der Waals surface area contributed by atoms with Gasteiger partial charge >= 0.3 is 26.1 Å². The summed E-state index contributed by atoms with van der Waals surface area (Å²) in [4.78, 5) is 0. The van der Waals surface area contributed by atoms with E-state index in [-0.39, 0.29) is 24.8 Å². The van der Waals surface area contributed by atoms with Crippen LogP contribution in [0.25, 0.3) is 0 Å². The van der Waals surface area contributed by atoms with E-state index in [0.29, 0.717) is 0 Å². The summed E-state index contributed by atoms with van der Waals surface area (Å²) in [6, 6.07) is 0. The number of hydrogen-bond donors (Lipinski definition) is 1. The van der Waals surface area contributed by atoms with E-state index < -0.39 is 18.9 Å². The van der Waals surface area contributed by atoms with Gasteiger partial charge in [0, 0.05) is 0 Å². The van der Waals surface area contributed by atoms with Crippen molar-refractivity contribution in [3.05, 3.63) is 0 Å².